The van der Waals surface area contributed by atoms with E-state index in [2.05, 4.69) is 6.07 Å². The minimum absolute atomic E-state index is 0.156. The van der Waals surface area contributed by atoms with E-state index in [1.807, 2.05) is 44.2 Å². The maximum atomic E-state index is 13.6. The minimum atomic E-state index is -0.509. The zero-order valence-electron chi connectivity index (χ0n) is 20.3. The van der Waals surface area contributed by atoms with Crippen LogP contribution >= 0.6 is 0 Å². The van der Waals surface area contributed by atoms with Crippen molar-refractivity contribution in [3.63, 3.8) is 0 Å². The summed E-state index contributed by atoms with van der Waals surface area (Å²) in [5.74, 6) is -0.0160. The van der Waals surface area contributed by atoms with Gasteiger partial charge in [-0.05, 0) is 72.5 Å². The minimum Gasteiger partial charge on any atom is -0.454 e. The molecule has 5 rings (SSSR count). The number of aryl methyl sites for hydroxylation is 2. The van der Waals surface area contributed by atoms with Crippen molar-refractivity contribution < 1.29 is 23.5 Å². The molecule has 1 atom stereocenters. The summed E-state index contributed by atoms with van der Waals surface area (Å²) < 4.78 is 24.6. The Bertz CT molecular complexity index is 1390. The Morgan fingerprint density at radius 3 is 2.61 bits per heavy atom. The largest absolute Gasteiger partial charge is 0.454 e. The van der Waals surface area contributed by atoms with Crippen LogP contribution in [0.1, 0.15) is 45.1 Å². The number of rotatable bonds is 5. The molecule has 8 heteroatoms. The maximum Gasteiger partial charge on any atom is 0.262 e. The highest BCUT2D eigenvalue weighted by Gasteiger charge is 2.35. The summed E-state index contributed by atoms with van der Waals surface area (Å²) in [5, 5.41) is 6.15. The predicted octanol–water partition coefficient (Wildman–Crippen LogP) is 4.62. The van der Waals surface area contributed by atoms with Crippen LogP contribution in [0.5, 0.6) is 11.5 Å². The highest BCUT2D eigenvalue weighted by Crippen LogP contribution is 2.39. The average molecular weight is 488 g/mol. The highest BCUT2D eigenvalue weighted by atomic mass is 19.1. The summed E-state index contributed by atoms with van der Waals surface area (Å²) in [7, 11) is 1.52. The number of nitrogens with zero attached hydrogens (tertiary/aromatic N) is 3. The zero-order valence-corrected chi connectivity index (χ0v) is 20.3. The van der Waals surface area contributed by atoms with Crippen molar-refractivity contribution in [2.45, 2.75) is 26.3 Å². The van der Waals surface area contributed by atoms with Gasteiger partial charge in [-0.1, -0.05) is 24.3 Å². The van der Waals surface area contributed by atoms with E-state index in [4.69, 9.17) is 14.6 Å². The number of ether oxygens (including phenoxy) is 2. The number of hydrogen-bond acceptors (Lipinski definition) is 5. The predicted molar refractivity (Wildman–Crippen MR) is 133 cm³/mol. The number of fused-ring (bicyclic) bond motifs is 1. The van der Waals surface area contributed by atoms with Crippen LogP contribution in [0.3, 0.4) is 0 Å². The molecule has 2 heterocycles. The topological polar surface area (TPSA) is 71.4 Å². The Morgan fingerprint density at radius 1 is 1.03 bits per heavy atom. The SMILES string of the molecule is Cc1ccc(C2=NN(C(=O)CN(C)C(=O)c3cccc(F)c3)[C@@H](c3ccc4c(c3)OCO4)C2)cc1C. The van der Waals surface area contributed by atoms with E-state index in [0.29, 0.717) is 17.9 Å². The van der Waals surface area contributed by atoms with Crippen LogP contribution < -0.4 is 9.47 Å². The lowest BCUT2D eigenvalue weighted by Gasteiger charge is -2.25. The molecule has 184 valence electrons. The van der Waals surface area contributed by atoms with Gasteiger partial charge in [-0.15, -0.1) is 0 Å². The molecular formula is C28H26FN3O4. The number of amides is 2. The van der Waals surface area contributed by atoms with Gasteiger partial charge in [-0.2, -0.15) is 5.10 Å². The number of carbonyl (C=O) groups is 2. The summed E-state index contributed by atoms with van der Waals surface area (Å²) in [6.45, 7) is 4.04. The lowest BCUT2D eigenvalue weighted by atomic mass is 9.96. The molecule has 0 saturated heterocycles. The summed E-state index contributed by atoms with van der Waals surface area (Å²) >= 11 is 0. The van der Waals surface area contributed by atoms with Crippen molar-refractivity contribution in [3.05, 3.63) is 94.3 Å². The van der Waals surface area contributed by atoms with Crippen LogP contribution in [0.2, 0.25) is 0 Å². The van der Waals surface area contributed by atoms with Gasteiger partial charge >= 0.3 is 0 Å². The lowest BCUT2D eigenvalue weighted by molar-refractivity contribution is -0.133. The molecule has 2 aliphatic heterocycles. The van der Waals surface area contributed by atoms with Crippen molar-refractivity contribution in [2.24, 2.45) is 5.10 Å². The lowest BCUT2D eigenvalue weighted by Crippen LogP contribution is -2.39. The monoisotopic (exact) mass is 487 g/mol. The quantitative estimate of drug-likeness (QED) is 0.527. The second-order valence-electron chi connectivity index (χ2n) is 9.09. The molecule has 3 aromatic carbocycles. The fraction of sp³-hybridized carbons (Fsp3) is 0.250. The third-order valence-electron chi connectivity index (χ3n) is 6.58. The van der Waals surface area contributed by atoms with Gasteiger partial charge in [0.25, 0.3) is 11.8 Å². The average Bonchev–Trinajstić information content (AvgIpc) is 3.52. The molecule has 0 radical (unpaired) electrons. The van der Waals surface area contributed by atoms with Gasteiger partial charge in [0.1, 0.15) is 12.4 Å². The number of likely N-dealkylation sites (N-methyl/N-ethyl adjacent to an activating group) is 1. The molecule has 3 aromatic rings. The van der Waals surface area contributed by atoms with E-state index < -0.39 is 11.7 Å². The molecule has 0 aliphatic carbocycles. The number of hydrogen-bond donors (Lipinski definition) is 0. The van der Waals surface area contributed by atoms with Crippen LogP contribution in [0, 0.1) is 19.7 Å². The molecule has 0 saturated carbocycles. The van der Waals surface area contributed by atoms with Crippen LogP contribution in [0.25, 0.3) is 0 Å². The van der Waals surface area contributed by atoms with Gasteiger partial charge in [0, 0.05) is 19.0 Å². The fourth-order valence-corrected chi connectivity index (χ4v) is 4.40. The van der Waals surface area contributed by atoms with E-state index in [1.54, 1.807) is 0 Å². The number of benzene rings is 3. The van der Waals surface area contributed by atoms with Gasteiger partial charge in [0.05, 0.1) is 11.8 Å². The molecule has 0 aromatic heterocycles. The van der Waals surface area contributed by atoms with Crippen molar-refractivity contribution in [2.75, 3.05) is 20.4 Å². The Kier molecular flexibility index (Phi) is 6.18. The first-order chi connectivity index (χ1) is 17.3. The first-order valence-electron chi connectivity index (χ1n) is 11.7. The summed E-state index contributed by atoms with van der Waals surface area (Å²) in [6.07, 6.45) is 0.509. The molecule has 0 fully saturated rings. The normalized spacial score (nSPS) is 16.2. The summed E-state index contributed by atoms with van der Waals surface area (Å²) in [4.78, 5) is 27.5. The molecule has 36 heavy (non-hydrogen) atoms. The van der Waals surface area contributed by atoms with Crippen LogP contribution in [0.4, 0.5) is 4.39 Å². The van der Waals surface area contributed by atoms with Crippen molar-refractivity contribution in [1.82, 2.24) is 9.91 Å². The molecule has 0 spiro atoms. The second kappa shape index (κ2) is 9.45. The van der Waals surface area contributed by atoms with E-state index >= 15 is 0 Å². The number of carbonyl (C=O) groups excluding carboxylic acids is 2. The van der Waals surface area contributed by atoms with Gasteiger partial charge in [0.2, 0.25) is 6.79 Å². The van der Waals surface area contributed by atoms with E-state index in [-0.39, 0.29) is 30.9 Å². The van der Waals surface area contributed by atoms with E-state index in [9.17, 15) is 14.0 Å². The van der Waals surface area contributed by atoms with E-state index in [1.165, 1.54) is 40.7 Å². The standard InChI is InChI=1S/C28H26FN3O4/c1-17-7-8-19(11-18(17)2)23-14-24(20-9-10-25-26(13-20)36-16-35-25)32(30-23)27(33)15-31(3)28(34)21-5-4-6-22(29)12-21/h4-13,24H,14-16H2,1-3H3/t24-/m1/s1. The Balaban J connectivity index is 1.43. The molecule has 2 aliphatic rings. The van der Waals surface area contributed by atoms with E-state index in [0.717, 1.165) is 28.5 Å². The second-order valence-corrected chi connectivity index (χ2v) is 9.09. The first-order valence-corrected chi connectivity index (χ1v) is 11.7. The molecule has 2 amide bonds. The maximum absolute atomic E-state index is 13.6. The van der Waals surface area contributed by atoms with Crippen LogP contribution in [-0.2, 0) is 4.79 Å². The molecule has 0 bridgehead atoms. The van der Waals surface area contributed by atoms with Gasteiger partial charge in [-0.3, -0.25) is 9.59 Å². The van der Waals surface area contributed by atoms with Crippen molar-refractivity contribution in [1.29, 1.82) is 0 Å². The van der Waals surface area contributed by atoms with Crippen molar-refractivity contribution in [3.8, 4) is 11.5 Å². The number of hydrazone groups is 1. The highest BCUT2D eigenvalue weighted by molar-refractivity contribution is 6.04. The van der Waals surface area contributed by atoms with Crippen LogP contribution in [0.15, 0.2) is 65.8 Å². The fourth-order valence-electron chi connectivity index (χ4n) is 4.40. The van der Waals surface area contributed by atoms with Gasteiger partial charge in [-0.25, -0.2) is 9.40 Å². The zero-order chi connectivity index (χ0) is 25.4. The Hall–Kier alpha value is -4.20. The van der Waals surface area contributed by atoms with Crippen molar-refractivity contribution >= 4 is 17.5 Å². The van der Waals surface area contributed by atoms with Gasteiger partial charge in [0.15, 0.2) is 11.5 Å². The summed E-state index contributed by atoms with van der Waals surface area (Å²) in [6, 6.07) is 16.8. The molecule has 0 unspecified atom stereocenters. The third kappa shape index (κ3) is 4.54. The molecule has 0 N–H and O–H groups in total. The third-order valence-corrected chi connectivity index (χ3v) is 6.58. The Morgan fingerprint density at radius 2 is 1.83 bits per heavy atom. The molecule has 7 nitrogen and oxygen atoms in total. The van der Waals surface area contributed by atoms with Gasteiger partial charge < -0.3 is 14.4 Å². The first kappa shape index (κ1) is 23.5. The van der Waals surface area contributed by atoms with Crippen LogP contribution in [-0.4, -0.2) is 47.8 Å². The molecular weight excluding hydrogens is 461 g/mol. The smallest absolute Gasteiger partial charge is 0.262 e. The summed E-state index contributed by atoms with van der Waals surface area (Å²) in [5.41, 5.74) is 5.08. The number of halogens is 1. The Labute approximate surface area is 208 Å².